The van der Waals surface area contributed by atoms with Crippen LogP contribution in [0, 0.1) is 6.92 Å². The molecule has 0 spiro atoms. The van der Waals surface area contributed by atoms with Gasteiger partial charge in [0.05, 0.1) is 24.4 Å². The Bertz CT molecular complexity index is 787. The summed E-state index contributed by atoms with van der Waals surface area (Å²) in [4.78, 5) is 8.98. The first kappa shape index (κ1) is 22.0. The molecule has 0 amide bonds. The highest BCUT2D eigenvalue weighted by molar-refractivity contribution is 7.89. The monoisotopic (exact) mass is 427 g/mol. The second kappa shape index (κ2) is 10.4. The molecule has 3 rings (SSSR count). The number of sulfonamides is 1. The van der Waals surface area contributed by atoms with Crippen molar-refractivity contribution in [2.75, 3.05) is 32.0 Å². The van der Waals surface area contributed by atoms with Gasteiger partial charge in [-0.25, -0.2) is 22.8 Å². The Kier molecular flexibility index (Phi) is 7.84. The minimum atomic E-state index is -3.39. The van der Waals surface area contributed by atoms with Crippen molar-refractivity contribution < 1.29 is 13.2 Å². The zero-order valence-corrected chi connectivity index (χ0v) is 18.2. The molecular weight excluding hydrogens is 394 g/mol. The van der Waals surface area contributed by atoms with Gasteiger partial charge in [0.1, 0.15) is 11.6 Å². The molecule has 1 saturated heterocycles. The van der Waals surface area contributed by atoms with E-state index in [0.29, 0.717) is 25.7 Å². The third kappa shape index (κ3) is 6.65. The molecule has 10 nitrogen and oxygen atoms in total. The number of fused-ring (bicyclic) bond motifs is 1. The van der Waals surface area contributed by atoms with Gasteiger partial charge in [-0.2, -0.15) is 5.10 Å². The maximum absolute atomic E-state index is 12.3. The molecule has 2 unspecified atom stereocenters. The summed E-state index contributed by atoms with van der Waals surface area (Å²) in [6, 6.07) is 0.0148. The lowest BCUT2D eigenvalue weighted by atomic mass is 10.1. The summed E-state index contributed by atoms with van der Waals surface area (Å²) in [6.07, 6.45) is 4.96. The molecule has 0 bridgehead atoms. The van der Waals surface area contributed by atoms with E-state index in [-0.39, 0.29) is 24.4 Å². The first-order valence-electron chi connectivity index (χ1n) is 10.5. The van der Waals surface area contributed by atoms with Crippen LogP contribution < -0.4 is 15.4 Å². The number of hydrogen-bond donors (Lipinski definition) is 3. The van der Waals surface area contributed by atoms with Crippen LogP contribution in [0.1, 0.15) is 56.7 Å². The van der Waals surface area contributed by atoms with Crippen molar-refractivity contribution in [2.45, 2.75) is 64.6 Å². The van der Waals surface area contributed by atoms with Crippen LogP contribution in [0.15, 0.2) is 4.99 Å². The van der Waals surface area contributed by atoms with Crippen molar-refractivity contribution in [1.29, 1.82) is 0 Å². The lowest BCUT2D eigenvalue weighted by molar-refractivity contribution is 0.0200. The van der Waals surface area contributed by atoms with Crippen LogP contribution in [0.4, 0.5) is 0 Å². The molecule has 1 aromatic heterocycles. The van der Waals surface area contributed by atoms with Gasteiger partial charge < -0.3 is 15.4 Å². The van der Waals surface area contributed by atoms with Crippen molar-refractivity contribution in [3.8, 4) is 0 Å². The van der Waals surface area contributed by atoms with Gasteiger partial charge >= 0.3 is 0 Å². The molecule has 29 heavy (non-hydrogen) atoms. The van der Waals surface area contributed by atoms with E-state index in [2.05, 4.69) is 30.4 Å². The molecule has 164 valence electrons. The predicted octanol–water partition coefficient (Wildman–Crippen LogP) is 0.465. The highest BCUT2D eigenvalue weighted by Gasteiger charge is 2.24. The van der Waals surface area contributed by atoms with E-state index in [1.807, 2.05) is 18.5 Å². The molecule has 2 aliphatic rings. The number of nitrogens with one attached hydrogen (secondary N) is 3. The summed E-state index contributed by atoms with van der Waals surface area (Å²) in [6.45, 7) is 6.65. The molecule has 1 fully saturated rings. The van der Waals surface area contributed by atoms with Crippen LogP contribution in [0.5, 0.6) is 0 Å². The van der Waals surface area contributed by atoms with Gasteiger partial charge in [0.15, 0.2) is 5.96 Å². The molecule has 0 aliphatic carbocycles. The van der Waals surface area contributed by atoms with E-state index in [9.17, 15) is 8.42 Å². The van der Waals surface area contributed by atoms with Crippen molar-refractivity contribution in [1.82, 2.24) is 30.1 Å². The SMILES string of the molecule is CCNC(=NCCS(=O)(=O)NCC1CCCCO1)NC1CCCn2nc(C)nc21. The van der Waals surface area contributed by atoms with Gasteiger partial charge in [-0.05, 0) is 46.0 Å². The Labute approximate surface area is 173 Å². The summed E-state index contributed by atoms with van der Waals surface area (Å²) in [5.74, 6) is 2.20. The summed E-state index contributed by atoms with van der Waals surface area (Å²) >= 11 is 0. The Morgan fingerprint density at radius 2 is 2.17 bits per heavy atom. The molecule has 2 atom stereocenters. The average Bonchev–Trinajstić information content (AvgIpc) is 3.09. The average molecular weight is 428 g/mol. The molecule has 2 aliphatic heterocycles. The second-order valence-corrected chi connectivity index (χ2v) is 9.42. The minimum absolute atomic E-state index is 0.0148. The van der Waals surface area contributed by atoms with Crippen molar-refractivity contribution in [3.63, 3.8) is 0 Å². The summed E-state index contributed by atoms with van der Waals surface area (Å²) in [5, 5.41) is 11.0. The zero-order chi connectivity index (χ0) is 20.7. The van der Waals surface area contributed by atoms with E-state index in [4.69, 9.17) is 4.74 Å². The van der Waals surface area contributed by atoms with Crippen molar-refractivity contribution >= 4 is 16.0 Å². The van der Waals surface area contributed by atoms with Crippen LogP contribution in [0.25, 0.3) is 0 Å². The molecule has 3 heterocycles. The molecule has 1 aromatic rings. The van der Waals surface area contributed by atoms with E-state index in [0.717, 1.165) is 50.3 Å². The molecular formula is C18H33N7O3S. The van der Waals surface area contributed by atoms with Gasteiger partial charge in [-0.15, -0.1) is 0 Å². The number of guanidine groups is 1. The molecule has 0 aromatic carbocycles. The fraction of sp³-hybridized carbons (Fsp3) is 0.833. The minimum Gasteiger partial charge on any atom is -0.377 e. The fourth-order valence-corrected chi connectivity index (χ4v) is 4.54. The maximum atomic E-state index is 12.3. The number of hydrogen-bond acceptors (Lipinski definition) is 6. The number of aryl methyl sites for hydroxylation is 2. The standard InChI is InChI=1S/C18H33N7O3S/c1-3-19-18(23-16-8-6-10-25-17(16)22-14(2)24-25)20-9-12-29(26,27)21-13-15-7-4-5-11-28-15/h15-16,21H,3-13H2,1-2H3,(H2,19,20,23). The van der Waals surface area contributed by atoms with Crippen molar-refractivity contribution in [2.24, 2.45) is 4.99 Å². The van der Waals surface area contributed by atoms with Gasteiger partial charge in [0, 0.05) is 26.2 Å². The zero-order valence-electron chi connectivity index (χ0n) is 17.4. The van der Waals surface area contributed by atoms with Gasteiger partial charge in [-0.1, -0.05) is 0 Å². The smallest absolute Gasteiger partial charge is 0.213 e. The summed E-state index contributed by atoms with van der Waals surface area (Å²) < 4.78 is 34.7. The third-order valence-electron chi connectivity index (χ3n) is 5.07. The van der Waals surface area contributed by atoms with Gasteiger partial charge in [0.2, 0.25) is 10.0 Å². The first-order chi connectivity index (χ1) is 14.0. The lowest BCUT2D eigenvalue weighted by Gasteiger charge is -2.25. The number of aliphatic imine (C=N–C) groups is 1. The largest absolute Gasteiger partial charge is 0.377 e. The highest BCUT2D eigenvalue weighted by Crippen LogP contribution is 2.22. The number of ether oxygens (including phenoxy) is 1. The normalized spacial score (nSPS) is 22.9. The topological polar surface area (TPSA) is 123 Å². The molecule has 0 saturated carbocycles. The summed E-state index contributed by atoms with van der Waals surface area (Å²) in [5.41, 5.74) is 0. The van der Waals surface area contributed by atoms with Crippen LogP contribution in [-0.2, 0) is 21.3 Å². The second-order valence-electron chi connectivity index (χ2n) is 7.50. The fourth-order valence-electron chi connectivity index (χ4n) is 3.63. The van der Waals surface area contributed by atoms with Crippen molar-refractivity contribution in [3.05, 3.63) is 11.6 Å². The van der Waals surface area contributed by atoms with E-state index in [1.54, 1.807) is 0 Å². The number of aromatic nitrogens is 3. The van der Waals surface area contributed by atoms with Crippen LogP contribution in [-0.4, -0.2) is 67.2 Å². The summed E-state index contributed by atoms with van der Waals surface area (Å²) in [7, 11) is -3.39. The van der Waals surface area contributed by atoms with Gasteiger partial charge in [-0.3, -0.25) is 4.99 Å². The Balaban J connectivity index is 1.52. The van der Waals surface area contributed by atoms with E-state index in [1.165, 1.54) is 0 Å². The molecule has 0 radical (unpaired) electrons. The quantitative estimate of drug-likeness (QED) is 0.407. The third-order valence-corrected chi connectivity index (χ3v) is 6.40. The number of rotatable bonds is 8. The van der Waals surface area contributed by atoms with E-state index >= 15 is 0 Å². The van der Waals surface area contributed by atoms with Crippen LogP contribution in [0.3, 0.4) is 0 Å². The van der Waals surface area contributed by atoms with E-state index < -0.39 is 10.0 Å². The lowest BCUT2D eigenvalue weighted by Crippen LogP contribution is -2.42. The maximum Gasteiger partial charge on any atom is 0.213 e. The highest BCUT2D eigenvalue weighted by atomic mass is 32.2. The first-order valence-corrected chi connectivity index (χ1v) is 12.2. The molecule has 11 heteroatoms. The van der Waals surface area contributed by atoms with Crippen LogP contribution in [0.2, 0.25) is 0 Å². The Morgan fingerprint density at radius 3 is 2.93 bits per heavy atom. The Hall–Kier alpha value is -1.72. The van der Waals surface area contributed by atoms with Crippen LogP contribution >= 0.6 is 0 Å². The Morgan fingerprint density at radius 1 is 1.31 bits per heavy atom. The predicted molar refractivity (Wildman–Crippen MR) is 111 cm³/mol. The van der Waals surface area contributed by atoms with Gasteiger partial charge in [0.25, 0.3) is 0 Å². The molecule has 3 N–H and O–H groups in total. The number of nitrogens with zero attached hydrogens (tertiary/aromatic N) is 4.